The molecule has 1 aromatic heterocycles. The van der Waals surface area contributed by atoms with E-state index in [1.54, 1.807) is 0 Å². The van der Waals surface area contributed by atoms with Crippen LogP contribution in [0.5, 0.6) is 0 Å². The van der Waals surface area contributed by atoms with Crippen molar-refractivity contribution in [2.24, 2.45) is 0 Å². The van der Waals surface area contributed by atoms with Crippen LogP contribution in [0.4, 0.5) is 0 Å². The van der Waals surface area contributed by atoms with Gasteiger partial charge in [-0.05, 0) is 19.9 Å². The number of nitrogens with zero attached hydrogens (tertiary/aromatic N) is 3. The minimum absolute atomic E-state index is 0.258. The fraction of sp³-hybridized carbons (Fsp3) is 0.733. The highest BCUT2D eigenvalue weighted by Crippen LogP contribution is 2.30. The second-order valence-corrected chi connectivity index (χ2v) is 6.80. The summed E-state index contributed by atoms with van der Waals surface area (Å²) in [6, 6.07) is 0. The van der Waals surface area contributed by atoms with Crippen LogP contribution < -0.4 is 0 Å². The molecule has 0 aliphatic carbocycles. The Morgan fingerprint density at radius 3 is 2.43 bits per heavy atom. The Kier molecular flexibility index (Phi) is 5.72. The zero-order chi connectivity index (χ0) is 15.4. The van der Waals surface area contributed by atoms with Crippen LogP contribution in [-0.4, -0.2) is 59.1 Å². The first-order chi connectivity index (χ1) is 10.0. The summed E-state index contributed by atoms with van der Waals surface area (Å²) in [7, 11) is 2.13. The average Bonchev–Trinajstić information content (AvgIpc) is 2.87. The van der Waals surface area contributed by atoms with Gasteiger partial charge in [0, 0.05) is 32.1 Å². The minimum Gasteiger partial charge on any atom is -0.477 e. The fourth-order valence-electron chi connectivity index (χ4n) is 2.75. The molecule has 2 rings (SSSR count). The van der Waals surface area contributed by atoms with E-state index in [4.69, 9.17) is 0 Å². The van der Waals surface area contributed by atoms with Crippen molar-refractivity contribution in [2.45, 2.75) is 39.2 Å². The zero-order valence-corrected chi connectivity index (χ0v) is 13.9. The maximum Gasteiger partial charge on any atom is 0.347 e. The molecular formula is C15H25N3O2S. The first kappa shape index (κ1) is 16.4. The lowest BCUT2D eigenvalue weighted by Gasteiger charge is -2.31. The highest BCUT2D eigenvalue weighted by molar-refractivity contribution is 7.13. The Morgan fingerprint density at radius 1 is 1.29 bits per heavy atom. The number of aromatic carboxylic acids is 1. The fourth-order valence-corrected chi connectivity index (χ4v) is 3.78. The molecule has 2 heterocycles. The summed E-state index contributed by atoms with van der Waals surface area (Å²) >= 11 is 1.36. The van der Waals surface area contributed by atoms with E-state index in [0.717, 1.165) is 56.3 Å². The number of hydrogen-bond donors (Lipinski definition) is 1. The lowest BCUT2D eigenvalue weighted by molar-refractivity contribution is 0.0700. The second kappa shape index (κ2) is 7.33. The van der Waals surface area contributed by atoms with Gasteiger partial charge in [-0.1, -0.05) is 13.8 Å². The van der Waals surface area contributed by atoms with E-state index in [-0.39, 0.29) is 5.92 Å². The molecule has 0 spiro atoms. The van der Waals surface area contributed by atoms with Crippen molar-refractivity contribution >= 4 is 17.3 Å². The number of likely N-dealkylation sites (N-methyl/N-ethyl adjacent to an activating group) is 1. The van der Waals surface area contributed by atoms with Crippen LogP contribution in [0.2, 0.25) is 0 Å². The SMILES string of the molecule is CCC(CC)c1nc(CN2CCN(C)CC2)sc1C(=O)O. The summed E-state index contributed by atoms with van der Waals surface area (Å²) in [5.74, 6) is -0.576. The van der Waals surface area contributed by atoms with Crippen LogP contribution >= 0.6 is 11.3 Å². The van der Waals surface area contributed by atoms with Gasteiger partial charge in [0.2, 0.25) is 0 Å². The molecule has 0 saturated carbocycles. The number of aromatic nitrogens is 1. The number of thiazole rings is 1. The van der Waals surface area contributed by atoms with Gasteiger partial charge in [0.15, 0.2) is 0 Å². The normalized spacial score (nSPS) is 17.5. The van der Waals surface area contributed by atoms with Gasteiger partial charge in [-0.15, -0.1) is 11.3 Å². The molecule has 1 aliphatic heterocycles. The van der Waals surface area contributed by atoms with Crippen LogP contribution in [0.3, 0.4) is 0 Å². The average molecular weight is 311 g/mol. The van der Waals surface area contributed by atoms with Gasteiger partial charge in [0.1, 0.15) is 9.88 Å². The van der Waals surface area contributed by atoms with Crippen molar-refractivity contribution in [3.8, 4) is 0 Å². The van der Waals surface area contributed by atoms with Crippen LogP contribution in [0.1, 0.15) is 53.0 Å². The summed E-state index contributed by atoms with van der Waals surface area (Å²) in [6.45, 7) is 9.16. The van der Waals surface area contributed by atoms with E-state index in [9.17, 15) is 9.90 Å². The van der Waals surface area contributed by atoms with Crippen LogP contribution in [0, 0.1) is 0 Å². The Labute approximate surface area is 130 Å². The van der Waals surface area contributed by atoms with Crippen molar-refractivity contribution < 1.29 is 9.90 Å². The topological polar surface area (TPSA) is 56.7 Å². The first-order valence-electron chi connectivity index (χ1n) is 7.68. The summed E-state index contributed by atoms with van der Waals surface area (Å²) < 4.78 is 0. The highest BCUT2D eigenvalue weighted by Gasteiger charge is 2.24. The Hall–Kier alpha value is -0.980. The van der Waals surface area contributed by atoms with Gasteiger partial charge in [-0.25, -0.2) is 9.78 Å². The van der Waals surface area contributed by atoms with Crippen molar-refractivity contribution in [1.82, 2.24) is 14.8 Å². The first-order valence-corrected chi connectivity index (χ1v) is 8.50. The number of rotatable bonds is 6. The van der Waals surface area contributed by atoms with Crippen LogP contribution in [0.15, 0.2) is 0 Å². The maximum atomic E-state index is 11.5. The van der Waals surface area contributed by atoms with E-state index < -0.39 is 5.97 Å². The second-order valence-electron chi connectivity index (χ2n) is 5.72. The molecule has 0 unspecified atom stereocenters. The van der Waals surface area contributed by atoms with E-state index >= 15 is 0 Å². The molecule has 1 fully saturated rings. The number of piperazine rings is 1. The Bertz CT molecular complexity index is 477. The predicted molar refractivity (Wildman–Crippen MR) is 85.2 cm³/mol. The summed E-state index contributed by atoms with van der Waals surface area (Å²) in [6.07, 6.45) is 1.88. The summed E-state index contributed by atoms with van der Waals surface area (Å²) in [4.78, 5) is 21.2. The molecule has 0 aromatic carbocycles. The molecule has 0 atom stereocenters. The van der Waals surface area contributed by atoms with Gasteiger partial charge in [0.05, 0.1) is 12.2 Å². The minimum atomic E-state index is -0.834. The Balaban J connectivity index is 2.13. The summed E-state index contributed by atoms with van der Waals surface area (Å²) in [5.41, 5.74) is 0.793. The molecule has 118 valence electrons. The van der Waals surface area contributed by atoms with Crippen molar-refractivity contribution in [3.63, 3.8) is 0 Å². The maximum absolute atomic E-state index is 11.5. The van der Waals surface area contributed by atoms with E-state index in [0.29, 0.717) is 4.88 Å². The molecule has 1 saturated heterocycles. The summed E-state index contributed by atoms with van der Waals surface area (Å²) in [5, 5.41) is 10.4. The molecule has 6 heteroatoms. The van der Waals surface area contributed by atoms with Crippen molar-refractivity contribution in [3.05, 3.63) is 15.6 Å². The monoisotopic (exact) mass is 311 g/mol. The Morgan fingerprint density at radius 2 is 1.90 bits per heavy atom. The molecule has 21 heavy (non-hydrogen) atoms. The van der Waals surface area contributed by atoms with E-state index in [1.165, 1.54) is 11.3 Å². The molecule has 1 aromatic rings. The zero-order valence-electron chi connectivity index (χ0n) is 13.1. The third kappa shape index (κ3) is 4.02. The van der Waals surface area contributed by atoms with E-state index in [2.05, 4.69) is 35.7 Å². The number of carboxylic acids is 1. The van der Waals surface area contributed by atoms with Gasteiger partial charge in [-0.3, -0.25) is 4.90 Å². The highest BCUT2D eigenvalue weighted by atomic mass is 32.1. The van der Waals surface area contributed by atoms with Crippen molar-refractivity contribution in [1.29, 1.82) is 0 Å². The van der Waals surface area contributed by atoms with Gasteiger partial charge >= 0.3 is 5.97 Å². The lowest BCUT2D eigenvalue weighted by Crippen LogP contribution is -2.43. The number of hydrogen-bond acceptors (Lipinski definition) is 5. The molecule has 0 radical (unpaired) electrons. The molecule has 5 nitrogen and oxygen atoms in total. The number of carboxylic acid groups (broad SMARTS) is 1. The van der Waals surface area contributed by atoms with Crippen LogP contribution in [-0.2, 0) is 6.54 Å². The van der Waals surface area contributed by atoms with Crippen LogP contribution in [0.25, 0.3) is 0 Å². The van der Waals surface area contributed by atoms with Gasteiger partial charge in [-0.2, -0.15) is 0 Å². The number of carbonyl (C=O) groups is 1. The lowest BCUT2D eigenvalue weighted by atomic mass is 9.98. The largest absolute Gasteiger partial charge is 0.477 e. The standard InChI is InChI=1S/C15H25N3O2S/c1-4-11(5-2)13-14(15(19)20)21-12(16-13)10-18-8-6-17(3)7-9-18/h11H,4-10H2,1-3H3,(H,19,20). The van der Waals surface area contributed by atoms with Crippen molar-refractivity contribution in [2.75, 3.05) is 33.2 Å². The third-order valence-electron chi connectivity index (χ3n) is 4.22. The third-order valence-corrected chi connectivity index (χ3v) is 5.26. The van der Waals surface area contributed by atoms with E-state index in [1.807, 2.05) is 0 Å². The molecule has 1 aliphatic rings. The molecule has 0 amide bonds. The van der Waals surface area contributed by atoms with Gasteiger partial charge in [0.25, 0.3) is 0 Å². The smallest absolute Gasteiger partial charge is 0.347 e. The van der Waals surface area contributed by atoms with Gasteiger partial charge < -0.3 is 10.0 Å². The molecular weight excluding hydrogens is 286 g/mol. The predicted octanol–water partition coefficient (Wildman–Crippen LogP) is 2.49. The quantitative estimate of drug-likeness (QED) is 0.875. The molecule has 0 bridgehead atoms. The molecule has 1 N–H and O–H groups in total.